The Morgan fingerprint density at radius 2 is 2.00 bits per heavy atom. The number of thiophene rings is 1. The normalized spacial score (nSPS) is 16.7. The van der Waals surface area contributed by atoms with Crippen molar-refractivity contribution in [1.29, 1.82) is 0 Å². The average Bonchev–Trinajstić information content (AvgIpc) is 3.27. The predicted octanol–water partition coefficient (Wildman–Crippen LogP) is 4.31. The molecule has 0 radical (unpaired) electrons. The van der Waals surface area contributed by atoms with Crippen LogP contribution in [0.5, 0.6) is 5.75 Å². The highest BCUT2D eigenvalue weighted by molar-refractivity contribution is 7.10. The molecule has 1 amide bonds. The first-order chi connectivity index (χ1) is 16.4. The van der Waals surface area contributed by atoms with E-state index in [0.29, 0.717) is 38.8 Å². The van der Waals surface area contributed by atoms with Crippen LogP contribution in [0.3, 0.4) is 0 Å². The lowest BCUT2D eigenvalue weighted by molar-refractivity contribution is -0.136. The van der Waals surface area contributed by atoms with Gasteiger partial charge in [0.25, 0.3) is 0 Å². The van der Waals surface area contributed by atoms with Gasteiger partial charge in [0.15, 0.2) is 0 Å². The quantitative estimate of drug-likeness (QED) is 0.455. The van der Waals surface area contributed by atoms with Crippen LogP contribution in [0.25, 0.3) is 0 Å². The van der Waals surface area contributed by atoms with Crippen molar-refractivity contribution in [2.45, 2.75) is 52.7 Å². The number of carbonyl (C=O) groups is 1. The summed E-state index contributed by atoms with van der Waals surface area (Å²) in [5.41, 5.74) is 2.38. The molecule has 1 aliphatic rings. The molecule has 7 heteroatoms. The third kappa shape index (κ3) is 7.80. The molecule has 0 aliphatic carbocycles. The van der Waals surface area contributed by atoms with E-state index in [2.05, 4.69) is 39.1 Å². The second-order valence-corrected chi connectivity index (χ2v) is 10.6. The van der Waals surface area contributed by atoms with Gasteiger partial charge in [-0.15, -0.1) is 11.3 Å². The standard InChI is InChI=1S/C27H40N2O4S/c1-5-12-28(15-22(30)18-32-17-20(2)3)16-27(31)29-13-10-26-24(11-14-34-26)25(29)19-33-23-8-6-21(4)7-9-23/h6-9,11,14,20,22,25,30H,5,10,12-13,15-19H2,1-4H3/t22-,25-/m0/s1. The van der Waals surface area contributed by atoms with Crippen molar-refractivity contribution in [2.24, 2.45) is 5.92 Å². The molecule has 1 aromatic carbocycles. The number of carbonyl (C=O) groups excluding carboxylic acids is 1. The maximum absolute atomic E-state index is 13.5. The highest BCUT2D eigenvalue weighted by atomic mass is 32.1. The van der Waals surface area contributed by atoms with E-state index in [4.69, 9.17) is 9.47 Å². The van der Waals surface area contributed by atoms with E-state index in [1.807, 2.05) is 34.1 Å². The fourth-order valence-electron chi connectivity index (χ4n) is 4.31. The topological polar surface area (TPSA) is 62.2 Å². The van der Waals surface area contributed by atoms with Crippen LogP contribution in [0.2, 0.25) is 0 Å². The van der Waals surface area contributed by atoms with Gasteiger partial charge in [-0.1, -0.05) is 38.5 Å². The summed E-state index contributed by atoms with van der Waals surface area (Å²) in [5, 5.41) is 12.6. The van der Waals surface area contributed by atoms with Crippen LogP contribution in [0.4, 0.5) is 0 Å². The van der Waals surface area contributed by atoms with Gasteiger partial charge in [0, 0.05) is 24.6 Å². The Labute approximate surface area is 208 Å². The van der Waals surface area contributed by atoms with Crippen molar-refractivity contribution < 1.29 is 19.4 Å². The Morgan fingerprint density at radius 1 is 1.24 bits per heavy atom. The number of aliphatic hydroxyl groups excluding tert-OH is 1. The number of rotatable bonds is 13. The second kappa shape index (κ2) is 13.2. The van der Waals surface area contributed by atoms with Crippen LogP contribution in [-0.2, 0) is 16.0 Å². The van der Waals surface area contributed by atoms with E-state index in [-0.39, 0.29) is 18.5 Å². The highest BCUT2D eigenvalue weighted by Crippen LogP contribution is 2.34. The third-order valence-electron chi connectivity index (χ3n) is 5.97. The number of hydrogen-bond donors (Lipinski definition) is 1. The summed E-state index contributed by atoms with van der Waals surface area (Å²) in [7, 11) is 0. The number of ether oxygens (including phenoxy) is 2. The molecule has 2 heterocycles. The molecule has 0 bridgehead atoms. The first kappa shape index (κ1) is 26.7. The molecule has 1 aliphatic heterocycles. The van der Waals surface area contributed by atoms with Crippen LogP contribution in [0.1, 0.15) is 49.2 Å². The molecule has 3 rings (SSSR count). The molecule has 0 unspecified atom stereocenters. The van der Waals surface area contributed by atoms with Gasteiger partial charge in [0.1, 0.15) is 12.4 Å². The van der Waals surface area contributed by atoms with Gasteiger partial charge >= 0.3 is 0 Å². The lowest BCUT2D eigenvalue weighted by Crippen LogP contribution is -2.48. The van der Waals surface area contributed by atoms with Gasteiger partial charge in [0.05, 0.1) is 25.3 Å². The minimum Gasteiger partial charge on any atom is -0.491 e. The molecule has 0 saturated carbocycles. The fourth-order valence-corrected chi connectivity index (χ4v) is 5.24. The van der Waals surface area contributed by atoms with Crippen molar-refractivity contribution >= 4 is 17.2 Å². The molecule has 188 valence electrons. The Balaban J connectivity index is 1.64. The zero-order valence-electron chi connectivity index (χ0n) is 21.0. The van der Waals surface area contributed by atoms with Gasteiger partial charge in [0.2, 0.25) is 5.91 Å². The summed E-state index contributed by atoms with van der Waals surface area (Å²) >= 11 is 1.76. The van der Waals surface area contributed by atoms with Gasteiger partial charge < -0.3 is 19.5 Å². The smallest absolute Gasteiger partial charge is 0.237 e. The average molecular weight is 489 g/mol. The van der Waals surface area contributed by atoms with E-state index in [9.17, 15) is 9.90 Å². The Bertz CT molecular complexity index is 883. The predicted molar refractivity (Wildman–Crippen MR) is 138 cm³/mol. The maximum atomic E-state index is 13.5. The zero-order chi connectivity index (χ0) is 24.5. The number of hydrogen-bond acceptors (Lipinski definition) is 6. The SMILES string of the molecule is CCCN(CC(=O)N1CCc2sccc2[C@@H]1COc1ccc(C)cc1)C[C@H](O)COCC(C)C. The highest BCUT2D eigenvalue weighted by Gasteiger charge is 2.33. The van der Waals surface area contributed by atoms with Crippen LogP contribution in [-0.4, -0.2) is 72.9 Å². The molecule has 1 N–H and O–H groups in total. The number of amides is 1. The second-order valence-electron chi connectivity index (χ2n) is 9.60. The first-order valence-corrected chi connectivity index (χ1v) is 13.3. The summed E-state index contributed by atoms with van der Waals surface area (Å²) in [6.07, 6.45) is 1.18. The van der Waals surface area contributed by atoms with Gasteiger partial charge in [-0.05, 0) is 61.4 Å². The van der Waals surface area contributed by atoms with Crippen LogP contribution >= 0.6 is 11.3 Å². The number of nitrogens with zero attached hydrogens (tertiary/aromatic N) is 2. The van der Waals surface area contributed by atoms with Crippen LogP contribution in [0.15, 0.2) is 35.7 Å². The van der Waals surface area contributed by atoms with E-state index >= 15 is 0 Å². The monoisotopic (exact) mass is 488 g/mol. The van der Waals surface area contributed by atoms with E-state index in [1.165, 1.54) is 16.0 Å². The minimum atomic E-state index is -0.608. The lowest BCUT2D eigenvalue weighted by Gasteiger charge is -2.37. The number of fused-ring (bicyclic) bond motifs is 1. The molecule has 0 spiro atoms. The lowest BCUT2D eigenvalue weighted by atomic mass is 10.0. The molecule has 2 atom stereocenters. The summed E-state index contributed by atoms with van der Waals surface area (Å²) in [6.45, 7) is 11.8. The summed E-state index contributed by atoms with van der Waals surface area (Å²) in [6, 6.07) is 10.0. The molecule has 1 aromatic heterocycles. The summed E-state index contributed by atoms with van der Waals surface area (Å²) in [4.78, 5) is 18.8. The number of benzene rings is 1. The van der Waals surface area contributed by atoms with E-state index < -0.39 is 6.10 Å². The summed E-state index contributed by atoms with van der Waals surface area (Å²) in [5.74, 6) is 1.33. The Kier molecular flexibility index (Phi) is 10.4. The van der Waals surface area contributed by atoms with Gasteiger partial charge in [-0.3, -0.25) is 9.69 Å². The molecule has 0 fully saturated rings. The van der Waals surface area contributed by atoms with Gasteiger partial charge in [-0.25, -0.2) is 0 Å². The number of aliphatic hydroxyl groups is 1. The first-order valence-electron chi connectivity index (χ1n) is 12.4. The largest absolute Gasteiger partial charge is 0.491 e. The van der Waals surface area contributed by atoms with Crippen LogP contribution in [0, 0.1) is 12.8 Å². The van der Waals surface area contributed by atoms with E-state index in [1.54, 1.807) is 11.3 Å². The Morgan fingerprint density at radius 3 is 2.71 bits per heavy atom. The van der Waals surface area contributed by atoms with Crippen molar-refractivity contribution in [2.75, 3.05) is 46.0 Å². The van der Waals surface area contributed by atoms with E-state index in [0.717, 1.165) is 25.1 Å². The van der Waals surface area contributed by atoms with Gasteiger partial charge in [-0.2, -0.15) is 0 Å². The number of aryl methyl sites for hydroxylation is 1. The molecule has 0 saturated heterocycles. The minimum absolute atomic E-state index is 0.0816. The van der Waals surface area contributed by atoms with Crippen LogP contribution < -0.4 is 4.74 Å². The molecule has 6 nitrogen and oxygen atoms in total. The molecule has 2 aromatic rings. The third-order valence-corrected chi connectivity index (χ3v) is 6.97. The van der Waals surface area contributed by atoms with Crippen molar-refractivity contribution in [3.8, 4) is 5.75 Å². The molecule has 34 heavy (non-hydrogen) atoms. The maximum Gasteiger partial charge on any atom is 0.237 e. The van der Waals surface area contributed by atoms with Crippen molar-refractivity contribution in [3.05, 3.63) is 51.7 Å². The molecular weight excluding hydrogens is 448 g/mol. The summed E-state index contributed by atoms with van der Waals surface area (Å²) < 4.78 is 11.7. The Hall–Kier alpha value is -1.93. The zero-order valence-corrected chi connectivity index (χ0v) is 21.9. The fraction of sp³-hybridized carbons (Fsp3) is 0.593. The molecular formula is C27H40N2O4S. The van der Waals surface area contributed by atoms with Crippen molar-refractivity contribution in [1.82, 2.24) is 9.80 Å². The van der Waals surface area contributed by atoms with Crippen molar-refractivity contribution in [3.63, 3.8) is 0 Å².